The molecule has 0 aliphatic carbocycles. The number of carbonyl (C=O) groups excluding carboxylic acids is 1. The van der Waals surface area contributed by atoms with Gasteiger partial charge in [-0.05, 0) is 70.6 Å². The molecular weight excluding hydrogens is 440 g/mol. The van der Waals surface area contributed by atoms with Crippen LogP contribution in [0.2, 0.25) is 0 Å². The average molecular weight is 465 g/mol. The molecule has 1 fully saturated rings. The molecule has 7 heteroatoms. The van der Waals surface area contributed by atoms with Crippen molar-refractivity contribution in [3.05, 3.63) is 58.1 Å². The van der Waals surface area contributed by atoms with Crippen molar-refractivity contribution < 1.29 is 13.2 Å². The van der Waals surface area contributed by atoms with Crippen molar-refractivity contribution in [2.24, 2.45) is 0 Å². The minimum Gasteiger partial charge on any atom is -0.322 e. The maximum atomic E-state index is 12.9. The second-order valence-electron chi connectivity index (χ2n) is 7.34. The number of piperidine rings is 1. The lowest BCUT2D eigenvalue weighted by atomic mass is 10.0. The number of amides is 1. The summed E-state index contributed by atoms with van der Waals surface area (Å²) in [7, 11) is -3.59. The van der Waals surface area contributed by atoms with Crippen LogP contribution in [-0.2, 0) is 10.0 Å². The molecule has 0 unspecified atom stereocenters. The number of sulfonamides is 1. The van der Waals surface area contributed by atoms with E-state index < -0.39 is 10.0 Å². The van der Waals surface area contributed by atoms with Crippen molar-refractivity contribution in [1.82, 2.24) is 4.31 Å². The lowest BCUT2D eigenvalue weighted by molar-refractivity contribution is 0.102. The van der Waals surface area contributed by atoms with Crippen LogP contribution in [-0.4, -0.2) is 31.7 Å². The van der Waals surface area contributed by atoms with Gasteiger partial charge in [-0.25, -0.2) is 8.42 Å². The van der Waals surface area contributed by atoms with Gasteiger partial charge in [0.05, 0.1) is 10.5 Å². The summed E-state index contributed by atoms with van der Waals surface area (Å²) in [4.78, 5) is 12.9. The summed E-state index contributed by atoms with van der Waals surface area (Å²) in [6.07, 6.45) is 2.79. The molecule has 0 atom stereocenters. The standard InChI is InChI=1S/C21H25BrN2O3S/c1-15(2)16-6-8-17(9-7-16)23-21(25)19-14-18(10-11-20(19)22)28(26,27)24-12-4-3-5-13-24/h6-11,14-15H,3-5,12-13H2,1-2H3,(H,23,25). The highest BCUT2D eigenvalue weighted by Gasteiger charge is 2.27. The summed E-state index contributed by atoms with van der Waals surface area (Å²) < 4.78 is 27.9. The average Bonchev–Trinajstić information content (AvgIpc) is 2.69. The normalized spacial score (nSPS) is 15.6. The highest BCUT2D eigenvalue weighted by Crippen LogP contribution is 2.26. The summed E-state index contributed by atoms with van der Waals surface area (Å²) in [6.45, 7) is 5.28. The third-order valence-corrected chi connectivity index (χ3v) is 7.56. The van der Waals surface area contributed by atoms with E-state index in [2.05, 4.69) is 35.1 Å². The maximum absolute atomic E-state index is 12.9. The molecule has 1 N–H and O–H groups in total. The van der Waals surface area contributed by atoms with E-state index in [9.17, 15) is 13.2 Å². The summed E-state index contributed by atoms with van der Waals surface area (Å²) in [5, 5.41) is 2.85. The molecule has 1 heterocycles. The molecule has 2 aromatic carbocycles. The SMILES string of the molecule is CC(C)c1ccc(NC(=O)c2cc(S(=O)(=O)N3CCCCC3)ccc2Br)cc1. The van der Waals surface area contributed by atoms with Crippen LogP contribution >= 0.6 is 15.9 Å². The van der Waals surface area contributed by atoms with Gasteiger partial charge in [0.25, 0.3) is 5.91 Å². The fraction of sp³-hybridized carbons (Fsp3) is 0.381. The van der Waals surface area contributed by atoms with E-state index in [4.69, 9.17) is 0 Å². The number of nitrogens with one attached hydrogen (secondary N) is 1. The van der Waals surface area contributed by atoms with Crippen LogP contribution in [0.15, 0.2) is 51.8 Å². The van der Waals surface area contributed by atoms with E-state index >= 15 is 0 Å². The molecule has 150 valence electrons. The molecule has 0 bridgehead atoms. The second kappa shape index (κ2) is 8.76. The van der Waals surface area contributed by atoms with E-state index in [0.717, 1.165) is 19.3 Å². The third kappa shape index (κ3) is 4.64. The van der Waals surface area contributed by atoms with Gasteiger partial charge in [0.2, 0.25) is 10.0 Å². The molecule has 5 nitrogen and oxygen atoms in total. The maximum Gasteiger partial charge on any atom is 0.256 e. The topological polar surface area (TPSA) is 66.5 Å². The Hall–Kier alpha value is -1.70. The van der Waals surface area contributed by atoms with Gasteiger partial charge >= 0.3 is 0 Å². The minimum absolute atomic E-state index is 0.151. The molecule has 1 amide bonds. The third-order valence-electron chi connectivity index (χ3n) is 4.97. The summed E-state index contributed by atoms with van der Waals surface area (Å²) in [5.74, 6) is 0.0652. The van der Waals surface area contributed by atoms with Gasteiger partial charge in [0.15, 0.2) is 0 Å². The van der Waals surface area contributed by atoms with Crippen molar-refractivity contribution in [2.45, 2.75) is 43.9 Å². The number of hydrogen-bond donors (Lipinski definition) is 1. The summed E-state index contributed by atoms with van der Waals surface area (Å²) in [5.41, 5.74) is 2.16. The minimum atomic E-state index is -3.59. The first-order valence-electron chi connectivity index (χ1n) is 9.50. The van der Waals surface area contributed by atoms with E-state index in [1.165, 1.54) is 15.9 Å². The zero-order valence-electron chi connectivity index (χ0n) is 16.1. The Morgan fingerprint density at radius 1 is 1.04 bits per heavy atom. The molecule has 0 spiro atoms. The zero-order valence-corrected chi connectivity index (χ0v) is 18.5. The van der Waals surface area contributed by atoms with Crippen molar-refractivity contribution in [3.63, 3.8) is 0 Å². The van der Waals surface area contributed by atoms with E-state index in [0.29, 0.717) is 34.7 Å². The highest BCUT2D eigenvalue weighted by molar-refractivity contribution is 9.10. The van der Waals surface area contributed by atoms with Crippen molar-refractivity contribution in [1.29, 1.82) is 0 Å². The smallest absolute Gasteiger partial charge is 0.256 e. The first-order valence-corrected chi connectivity index (χ1v) is 11.7. The molecule has 0 radical (unpaired) electrons. The van der Waals surface area contributed by atoms with Crippen molar-refractivity contribution in [2.75, 3.05) is 18.4 Å². The molecule has 0 aromatic heterocycles. The Bertz CT molecular complexity index is 950. The fourth-order valence-corrected chi connectivity index (χ4v) is 5.21. The first kappa shape index (κ1) is 21.0. The predicted molar refractivity (Wildman–Crippen MR) is 115 cm³/mol. The highest BCUT2D eigenvalue weighted by atomic mass is 79.9. The predicted octanol–water partition coefficient (Wildman–Crippen LogP) is 5.00. The van der Waals surface area contributed by atoms with Gasteiger partial charge in [-0.1, -0.05) is 32.4 Å². The molecule has 1 aliphatic rings. The van der Waals surface area contributed by atoms with Crippen LogP contribution < -0.4 is 5.32 Å². The van der Waals surface area contributed by atoms with E-state index in [1.54, 1.807) is 12.1 Å². The molecular formula is C21H25BrN2O3S. The Kier molecular flexibility index (Phi) is 6.58. The molecule has 1 saturated heterocycles. The summed E-state index contributed by atoms with van der Waals surface area (Å²) >= 11 is 3.37. The van der Waals surface area contributed by atoms with Gasteiger partial charge in [-0.2, -0.15) is 4.31 Å². The van der Waals surface area contributed by atoms with Gasteiger partial charge in [0, 0.05) is 23.2 Å². The summed E-state index contributed by atoms with van der Waals surface area (Å²) in [6, 6.07) is 12.3. The molecule has 2 aromatic rings. The number of benzene rings is 2. The number of anilines is 1. The zero-order chi connectivity index (χ0) is 20.3. The number of carbonyl (C=O) groups is 1. The van der Waals surface area contributed by atoms with Crippen LogP contribution in [0.3, 0.4) is 0 Å². The molecule has 0 saturated carbocycles. The number of nitrogens with zero attached hydrogens (tertiary/aromatic N) is 1. The van der Waals surface area contributed by atoms with Gasteiger partial charge < -0.3 is 5.32 Å². The second-order valence-corrected chi connectivity index (χ2v) is 10.1. The Labute approximate surface area is 175 Å². The lowest BCUT2D eigenvalue weighted by Gasteiger charge is -2.26. The number of rotatable bonds is 5. The monoisotopic (exact) mass is 464 g/mol. The van der Waals surface area contributed by atoms with Gasteiger partial charge in [-0.3, -0.25) is 4.79 Å². The largest absolute Gasteiger partial charge is 0.322 e. The Morgan fingerprint density at radius 2 is 1.68 bits per heavy atom. The number of halogens is 1. The van der Waals surface area contributed by atoms with Crippen LogP contribution in [0.1, 0.15) is 54.9 Å². The lowest BCUT2D eigenvalue weighted by Crippen LogP contribution is -2.35. The molecule has 28 heavy (non-hydrogen) atoms. The quantitative estimate of drug-likeness (QED) is 0.676. The van der Waals surface area contributed by atoms with Crippen molar-refractivity contribution in [3.8, 4) is 0 Å². The Morgan fingerprint density at radius 3 is 2.29 bits per heavy atom. The van der Waals surface area contributed by atoms with Crippen LogP contribution in [0, 0.1) is 0 Å². The van der Waals surface area contributed by atoms with E-state index in [1.807, 2.05) is 24.3 Å². The molecule has 3 rings (SSSR count). The Balaban J connectivity index is 1.83. The van der Waals surface area contributed by atoms with Gasteiger partial charge in [0.1, 0.15) is 0 Å². The van der Waals surface area contributed by atoms with Crippen LogP contribution in [0.25, 0.3) is 0 Å². The van der Waals surface area contributed by atoms with Gasteiger partial charge in [-0.15, -0.1) is 0 Å². The first-order chi connectivity index (χ1) is 13.3. The van der Waals surface area contributed by atoms with E-state index in [-0.39, 0.29) is 10.8 Å². The van der Waals surface area contributed by atoms with Crippen LogP contribution in [0.4, 0.5) is 5.69 Å². The van der Waals surface area contributed by atoms with Crippen molar-refractivity contribution >= 4 is 37.5 Å². The molecule has 1 aliphatic heterocycles. The van der Waals surface area contributed by atoms with Crippen LogP contribution in [0.5, 0.6) is 0 Å². The fourth-order valence-electron chi connectivity index (χ4n) is 3.24. The number of hydrogen-bond acceptors (Lipinski definition) is 3.